The second-order valence-corrected chi connectivity index (χ2v) is 5.11. The molecule has 1 aliphatic heterocycles. The van der Waals surface area contributed by atoms with Crippen molar-refractivity contribution in [1.82, 2.24) is 5.06 Å². The first kappa shape index (κ1) is 17.5. The van der Waals surface area contributed by atoms with E-state index in [-0.39, 0.29) is 22.3 Å². The first-order valence-electron chi connectivity index (χ1n) is 6.88. The molecule has 5 nitrogen and oxygen atoms in total. The van der Waals surface area contributed by atoms with Crippen molar-refractivity contribution in [3.05, 3.63) is 70.3 Å². The van der Waals surface area contributed by atoms with Gasteiger partial charge >= 0.3 is 12.1 Å². The molecule has 0 aromatic heterocycles. The van der Waals surface area contributed by atoms with Crippen LogP contribution in [0.25, 0.3) is 0 Å². The van der Waals surface area contributed by atoms with Crippen LogP contribution in [-0.2, 0) is 11.0 Å². The van der Waals surface area contributed by atoms with Crippen molar-refractivity contribution in [2.75, 3.05) is 0 Å². The van der Waals surface area contributed by atoms with Crippen LogP contribution in [-0.4, -0.2) is 22.8 Å². The minimum Gasteiger partial charge on any atom is -0.324 e. The number of fused-ring (bicyclic) bond motifs is 1. The van der Waals surface area contributed by atoms with Crippen molar-refractivity contribution < 1.29 is 41.2 Å². The Balaban J connectivity index is 1.93. The standard InChI is InChI=1S/C16H6F5NO4/c17-10-6-5-9(12(18)11(10)16(19,20)21)15(25)26-22-13(23)7-3-1-2-4-8(7)14(22)24/h1-6H. The SMILES string of the molecule is O=C(ON1C(=O)c2ccccc2C1=O)c1ccc(F)c(C(F)(F)F)c1F. The molecule has 10 heteroatoms. The second kappa shape index (κ2) is 5.90. The van der Waals surface area contributed by atoms with Gasteiger partial charge in [0.1, 0.15) is 11.4 Å². The zero-order valence-corrected chi connectivity index (χ0v) is 12.4. The van der Waals surface area contributed by atoms with E-state index in [1.165, 1.54) is 24.3 Å². The second-order valence-electron chi connectivity index (χ2n) is 5.11. The van der Waals surface area contributed by atoms with Gasteiger partial charge in [-0.3, -0.25) is 9.59 Å². The van der Waals surface area contributed by atoms with Crippen molar-refractivity contribution in [2.24, 2.45) is 0 Å². The summed E-state index contributed by atoms with van der Waals surface area (Å²) in [7, 11) is 0. The number of rotatable bonds is 2. The molecule has 2 aromatic carbocycles. The Bertz CT molecular complexity index is 919. The fourth-order valence-electron chi connectivity index (χ4n) is 2.35. The van der Waals surface area contributed by atoms with E-state index in [0.717, 1.165) is 0 Å². The van der Waals surface area contributed by atoms with Crippen molar-refractivity contribution in [3.8, 4) is 0 Å². The molecule has 2 aromatic rings. The smallest absolute Gasteiger partial charge is 0.324 e. The lowest BCUT2D eigenvalue weighted by Crippen LogP contribution is -2.33. The molecule has 1 heterocycles. The molecule has 0 unspecified atom stereocenters. The fraction of sp³-hybridized carbons (Fsp3) is 0.0625. The highest BCUT2D eigenvalue weighted by Crippen LogP contribution is 2.35. The van der Waals surface area contributed by atoms with Crippen LogP contribution in [0, 0.1) is 11.6 Å². The van der Waals surface area contributed by atoms with Crippen molar-refractivity contribution in [3.63, 3.8) is 0 Å². The molecule has 134 valence electrons. The van der Waals surface area contributed by atoms with Crippen LogP contribution in [0.3, 0.4) is 0 Å². The summed E-state index contributed by atoms with van der Waals surface area (Å²) in [5.74, 6) is -7.98. The quantitative estimate of drug-likeness (QED) is 0.600. The number of carbonyl (C=O) groups excluding carboxylic acids is 3. The van der Waals surface area contributed by atoms with Crippen LogP contribution in [0.1, 0.15) is 36.6 Å². The molecule has 0 fully saturated rings. The van der Waals surface area contributed by atoms with E-state index in [0.29, 0.717) is 6.07 Å². The van der Waals surface area contributed by atoms with E-state index in [4.69, 9.17) is 0 Å². The number of halogens is 5. The Morgan fingerprint density at radius 2 is 1.46 bits per heavy atom. The Morgan fingerprint density at radius 1 is 0.923 bits per heavy atom. The van der Waals surface area contributed by atoms with Gasteiger partial charge in [0.05, 0.1) is 16.7 Å². The summed E-state index contributed by atoms with van der Waals surface area (Å²) in [6.45, 7) is 0. The number of imide groups is 1. The third kappa shape index (κ3) is 2.68. The van der Waals surface area contributed by atoms with Crippen molar-refractivity contribution >= 4 is 17.8 Å². The maximum atomic E-state index is 14.0. The summed E-state index contributed by atoms with van der Waals surface area (Å²) in [5, 5.41) is 0.00303. The predicted molar refractivity (Wildman–Crippen MR) is 73.7 cm³/mol. The van der Waals surface area contributed by atoms with Gasteiger partial charge in [-0.1, -0.05) is 17.2 Å². The fourth-order valence-corrected chi connectivity index (χ4v) is 2.35. The number of carbonyl (C=O) groups is 3. The van der Waals surface area contributed by atoms with E-state index in [9.17, 15) is 36.3 Å². The lowest BCUT2D eigenvalue weighted by atomic mass is 10.1. The molecule has 26 heavy (non-hydrogen) atoms. The first-order valence-corrected chi connectivity index (χ1v) is 6.88. The van der Waals surface area contributed by atoms with Gasteiger partial charge in [0.2, 0.25) is 0 Å². The third-order valence-corrected chi connectivity index (χ3v) is 3.53. The molecule has 0 N–H and O–H groups in total. The van der Waals surface area contributed by atoms with Crippen molar-refractivity contribution in [2.45, 2.75) is 6.18 Å². The number of hydrogen-bond donors (Lipinski definition) is 0. The number of amides is 2. The Hall–Kier alpha value is -3.30. The number of nitrogens with zero attached hydrogens (tertiary/aromatic N) is 1. The van der Waals surface area contributed by atoms with Gasteiger partial charge in [-0.25, -0.2) is 13.6 Å². The van der Waals surface area contributed by atoms with Crippen LogP contribution in [0.2, 0.25) is 0 Å². The first-order chi connectivity index (χ1) is 12.1. The molecular weight excluding hydrogens is 365 g/mol. The summed E-state index contributed by atoms with van der Waals surface area (Å²) in [5.41, 5.74) is -3.76. The molecular formula is C16H6F5NO4. The van der Waals surface area contributed by atoms with Crippen LogP contribution >= 0.6 is 0 Å². The van der Waals surface area contributed by atoms with Gasteiger partial charge in [-0.2, -0.15) is 13.2 Å². The molecule has 0 saturated heterocycles. The van der Waals surface area contributed by atoms with Crippen LogP contribution < -0.4 is 0 Å². The molecule has 0 saturated carbocycles. The highest BCUT2D eigenvalue weighted by molar-refractivity contribution is 6.21. The van der Waals surface area contributed by atoms with Gasteiger partial charge in [0.25, 0.3) is 11.8 Å². The van der Waals surface area contributed by atoms with E-state index in [1.54, 1.807) is 0 Å². The average molecular weight is 371 g/mol. The van der Waals surface area contributed by atoms with Crippen LogP contribution in [0.15, 0.2) is 36.4 Å². The van der Waals surface area contributed by atoms with E-state index in [2.05, 4.69) is 4.84 Å². The largest absolute Gasteiger partial charge is 0.422 e. The summed E-state index contributed by atoms with van der Waals surface area (Å²) in [6.07, 6.45) is -5.40. The summed E-state index contributed by atoms with van der Waals surface area (Å²) in [4.78, 5) is 40.5. The molecule has 0 spiro atoms. The molecule has 2 amide bonds. The summed E-state index contributed by atoms with van der Waals surface area (Å²) in [6, 6.07) is 6.05. The van der Waals surface area contributed by atoms with Gasteiger partial charge in [0.15, 0.2) is 5.82 Å². The maximum absolute atomic E-state index is 14.0. The van der Waals surface area contributed by atoms with Gasteiger partial charge in [-0.15, -0.1) is 0 Å². The minimum atomic E-state index is -5.40. The van der Waals surface area contributed by atoms with E-state index < -0.39 is 46.7 Å². The normalized spacial score (nSPS) is 13.8. The molecule has 0 radical (unpaired) electrons. The number of hydrogen-bond acceptors (Lipinski definition) is 4. The van der Waals surface area contributed by atoms with Crippen LogP contribution in [0.5, 0.6) is 0 Å². The van der Waals surface area contributed by atoms with Crippen molar-refractivity contribution in [1.29, 1.82) is 0 Å². The van der Waals surface area contributed by atoms with Gasteiger partial charge in [-0.05, 0) is 24.3 Å². The number of alkyl halides is 3. The summed E-state index contributed by atoms with van der Waals surface area (Å²) >= 11 is 0. The summed E-state index contributed by atoms with van der Waals surface area (Å²) < 4.78 is 65.4. The molecule has 0 aliphatic carbocycles. The van der Waals surface area contributed by atoms with E-state index in [1.807, 2.05) is 0 Å². The molecule has 0 atom stereocenters. The average Bonchev–Trinajstić information content (AvgIpc) is 2.79. The zero-order valence-electron chi connectivity index (χ0n) is 12.4. The molecule has 3 rings (SSSR count). The molecule has 1 aliphatic rings. The Morgan fingerprint density at radius 3 is 1.96 bits per heavy atom. The maximum Gasteiger partial charge on any atom is 0.422 e. The van der Waals surface area contributed by atoms with E-state index >= 15 is 0 Å². The highest BCUT2D eigenvalue weighted by atomic mass is 19.4. The monoisotopic (exact) mass is 371 g/mol. The Kier molecular flexibility index (Phi) is 3.98. The van der Waals surface area contributed by atoms with Gasteiger partial charge < -0.3 is 4.84 Å². The predicted octanol–water partition coefficient (Wildman–Crippen LogP) is 3.35. The topological polar surface area (TPSA) is 63.7 Å². The minimum absolute atomic E-state index is 0.00303. The van der Waals surface area contributed by atoms with Gasteiger partial charge in [0, 0.05) is 0 Å². The highest BCUT2D eigenvalue weighted by Gasteiger charge is 2.42. The Labute approximate surface area is 141 Å². The number of hydroxylamine groups is 2. The lowest BCUT2D eigenvalue weighted by molar-refractivity contribution is -0.142. The van der Waals surface area contributed by atoms with Crippen LogP contribution in [0.4, 0.5) is 22.0 Å². The lowest BCUT2D eigenvalue weighted by Gasteiger charge is -2.15. The zero-order chi connectivity index (χ0) is 19.2. The molecule has 0 bridgehead atoms. The third-order valence-electron chi connectivity index (χ3n) is 3.53. The number of benzene rings is 2.